The molecule has 1 aromatic carbocycles. The maximum atomic E-state index is 6.72. The summed E-state index contributed by atoms with van der Waals surface area (Å²) in [4.78, 5) is 0. The Balaban J connectivity index is 2.12. The van der Waals surface area contributed by atoms with E-state index in [1.807, 2.05) is 0 Å². The van der Waals surface area contributed by atoms with Gasteiger partial charge in [0.25, 0.3) is 0 Å². The smallest absolute Gasteiger partial charge is 0.0596 e. The lowest BCUT2D eigenvalue weighted by atomic mass is 9.84. The van der Waals surface area contributed by atoms with E-state index in [-0.39, 0.29) is 11.5 Å². The fourth-order valence-electron chi connectivity index (χ4n) is 3.28. The second-order valence-corrected chi connectivity index (χ2v) is 6.69. The normalized spacial score (nSPS) is 32.5. The second-order valence-electron chi connectivity index (χ2n) is 6.13. The number of alkyl halides is 1. The summed E-state index contributed by atoms with van der Waals surface area (Å²) in [6.07, 6.45) is 1.52. The van der Waals surface area contributed by atoms with Crippen LogP contribution < -0.4 is 0 Å². The van der Waals surface area contributed by atoms with Crippen molar-refractivity contribution in [2.75, 3.05) is 0 Å². The molecule has 5 atom stereocenters. The molecule has 0 radical (unpaired) electrons. The summed E-state index contributed by atoms with van der Waals surface area (Å²) in [5.74, 6) is 0.971. The predicted molar refractivity (Wildman–Crippen MR) is 81.9 cm³/mol. The lowest BCUT2D eigenvalue weighted by Gasteiger charge is -2.24. The third kappa shape index (κ3) is 3.14. The minimum atomic E-state index is 0.149. The third-order valence-electron chi connectivity index (χ3n) is 4.66. The number of benzene rings is 1. The van der Waals surface area contributed by atoms with E-state index in [1.54, 1.807) is 0 Å². The van der Waals surface area contributed by atoms with E-state index >= 15 is 0 Å². The number of hydrogen-bond acceptors (Lipinski definition) is 1. The Morgan fingerprint density at radius 2 is 1.84 bits per heavy atom. The average molecular weight is 281 g/mol. The van der Waals surface area contributed by atoms with Gasteiger partial charge in [-0.05, 0) is 51.2 Å². The standard InChI is InChI=1S/C17H25ClO/c1-10-6-7-11(2)15(8-10)9-16(18)17-12(3)13(4)19-14(17)5/h6-8,12-14,16-17H,9H2,1-5H3. The first-order valence-electron chi connectivity index (χ1n) is 7.25. The van der Waals surface area contributed by atoms with Gasteiger partial charge in [-0.25, -0.2) is 0 Å². The van der Waals surface area contributed by atoms with Gasteiger partial charge in [0.05, 0.1) is 12.2 Å². The van der Waals surface area contributed by atoms with Crippen molar-refractivity contribution in [1.82, 2.24) is 0 Å². The molecule has 19 heavy (non-hydrogen) atoms. The summed E-state index contributed by atoms with van der Waals surface area (Å²) in [5.41, 5.74) is 4.02. The zero-order valence-corrected chi connectivity index (χ0v) is 13.4. The molecule has 0 spiro atoms. The molecule has 2 rings (SSSR count). The summed E-state index contributed by atoms with van der Waals surface area (Å²) in [5, 5.41) is 0.149. The minimum Gasteiger partial charge on any atom is -0.375 e. The monoisotopic (exact) mass is 280 g/mol. The number of aryl methyl sites for hydroxylation is 2. The average Bonchev–Trinajstić information content (AvgIpc) is 2.58. The van der Waals surface area contributed by atoms with E-state index in [1.165, 1.54) is 16.7 Å². The quantitative estimate of drug-likeness (QED) is 0.740. The van der Waals surface area contributed by atoms with Crippen LogP contribution >= 0.6 is 11.6 Å². The third-order valence-corrected chi connectivity index (χ3v) is 5.10. The summed E-state index contributed by atoms with van der Waals surface area (Å²) in [6.45, 7) is 10.9. The van der Waals surface area contributed by atoms with Crippen LogP contribution in [-0.4, -0.2) is 17.6 Å². The summed E-state index contributed by atoms with van der Waals surface area (Å²) in [6, 6.07) is 6.61. The maximum absolute atomic E-state index is 6.72. The van der Waals surface area contributed by atoms with Crippen LogP contribution in [-0.2, 0) is 11.2 Å². The fourth-order valence-corrected chi connectivity index (χ4v) is 3.88. The number of ether oxygens (including phenoxy) is 1. The van der Waals surface area contributed by atoms with Gasteiger partial charge in [0.1, 0.15) is 0 Å². The van der Waals surface area contributed by atoms with Gasteiger partial charge >= 0.3 is 0 Å². The molecule has 2 heteroatoms. The number of hydrogen-bond donors (Lipinski definition) is 0. The molecule has 1 aliphatic rings. The van der Waals surface area contributed by atoms with E-state index < -0.39 is 0 Å². The van der Waals surface area contributed by atoms with Crippen LogP contribution in [0.3, 0.4) is 0 Å². The second kappa shape index (κ2) is 5.85. The Labute approximate surface area is 122 Å². The molecule has 0 amide bonds. The Morgan fingerprint density at radius 3 is 2.42 bits per heavy atom. The van der Waals surface area contributed by atoms with E-state index in [2.05, 4.69) is 52.8 Å². The Kier molecular flexibility index (Phi) is 4.58. The van der Waals surface area contributed by atoms with Crippen molar-refractivity contribution in [3.05, 3.63) is 34.9 Å². The molecule has 1 aromatic rings. The van der Waals surface area contributed by atoms with Gasteiger partial charge in [-0.15, -0.1) is 11.6 Å². The molecule has 1 heterocycles. The van der Waals surface area contributed by atoms with Gasteiger partial charge in [-0.1, -0.05) is 30.7 Å². The van der Waals surface area contributed by atoms with Gasteiger partial charge in [0.2, 0.25) is 0 Å². The van der Waals surface area contributed by atoms with Crippen LogP contribution in [0.15, 0.2) is 18.2 Å². The lowest BCUT2D eigenvalue weighted by Crippen LogP contribution is -2.28. The molecule has 1 saturated heterocycles. The van der Waals surface area contributed by atoms with E-state index in [0.29, 0.717) is 17.9 Å². The number of halogens is 1. The SMILES string of the molecule is Cc1ccc(C)c(CC(Cl)C2C(C)OC(C)C2C)c1. The minimum absolute atomic E-state index is 0.149. The first kappa shape index (κ1) is 14.9. The zero-order valence-electron chi connectivity index (χ0n) is 12.6. The predicted octanol–water partition coefficient (Wildman–Crippen LogP) is 4.51. The molecule has 0 aliphatic carbocycles. The van der Waals surface area contributed by atoms with Gasteiger partial charge in [-0.3, -0.25) is 0 Å². The van der Waals surface area contributed by atoms with Crippen molar-refractivity contribution in [1.29, 1.82) is 0 Å². The van der Waals surface area contributed by atoms with Crippen molar-refractivity contribution in [2.24, 2.45) is 11.8 Å². The van der Waals surface area contributed by atoms with Crippen LogP contribution in [0.4, 0.5) is 0 Å². The highest BCUT2D eigenvalue weighted by molar-refractivity contribution is 6.21. The largest absolute Gasteiger partial charge is 0.375 e. The van der Waals surface area contributed by atoms with Crippen molar-refractivity contribution in [3.8, 4) is 0 Å². The molecular formula is C17H25ClO. The zero-order chi connectivity index (χ0) is 14.2. The highest BCUT2D eigenvalue weighted by Crippen LogP contribution is 2.38. The molecule has 1 nitrogen and oxygen atoms in total. The van der Waals surface area contributed by atoms with Gasteiger partial charge in [-0.2, -0.15) is 0 Å². The highest BCUT2D eigenvalue weighted by atomic mass is 35.5. The first-order valence-corrected chi connectivity index (χ1v) is 7.69. The molecule has 5 unspecified atom stereocenters. The first-order chi connectivity index (χ1) is 8.90. The molecule has 0 aromatic heterocycles. The summed E-state index contributed by atoms with van der Waals surface area (Å²) >= 11 is 6.72. The molecule has 1 fully saturated rings. The van der Waals surface area contributed by atoms with Crippen LogP contribution in [0.1, 0.15) is 37.5 Å². The molecular weight excluding hydrogens is 256 g/mol. The maximum Gasteiger partial charge on any atom is 0.0596 e. The van der Waals surface area contributed by atoms with E-state index in [0.717, 1.165) is 6.42 Å². The van der Waals surface area contributed by atoms with Crippen molar-refractivity contribution >= 4 is 11.6 Å². The summed E-state index contributed by atoms with van der Waals surface area (Å²) in [7, 11) is 0. The van der Waals surface area contributed by atoms with Crippen molar-refractivity contribution in [3.63, 3.8) is 0 Å². The van der Waals surface area contributed by atoms with Gasteiger partial charge in [0, 0.05) is 11.3 Å². The Bertz CT molecular complexity index is 443. The molecule has 0 N–H and O–H groups in total. The van der Waals surface area contributed by atoms with Crippen LogP contribution in [0, 0.1) is 25.7 Å². The number of rotatable bonds is 3. The van der Waals surface area contributed by atoms with Crippen LogP contribution in [0.2, 0.25) is 0 Å². The highest BCUT2D eigenvalue weighted by Gasteiger charge is 2.40. The molecule has 106 valence electrons. The molecule has 1 aliphatic heterocycles. The van der Waals surface area contributed by atoms with E-state index in [9.17, 15) is 0 Å². The molecule has 0 bridgehead atoms. The summed E-state index contributed by atoms with van der Waals surface area (Å²) < 4.78 is 5.91. The van der Waals surface area contributed by atoms with Crippen molar-refractivity contribution in [2.45, 2.75) is 58.6 Å². The van der Waals surface area contributed by atoms with Crippen LogP contribution in [0.25, 0.3) is 0 Å². The van der Waals surface area contributed by atoms with E-state index in [4.69, 9.17) is 16.3 Å². The fraction of sp³-hybridized carbons (Fsp3) is 0.647. The van der Waals surface area contributed by atoms with Gasteiger partial charge in [0.15, 0.2) is 0 Å². The lowest BCUT2D eigenvalue weighted by molar-refractivity contribution is 0.0508. The topological polar surface area (TPSA) is 9.23 Å². The Morgan fingerprint density at radius 1 is 1.16 bits per heavy atom. The van der Waals surface area contributed by atoms with Gasteiger partial charge < -0.3 is 4.74 Å². The van der Waals surface area contributed by atoms with Crippen molar-refractivity contribution < 1.29 is 4.74 Å². The van der Waals surface area contributed by atoms with Crippen LogP contribution in [0.5, 0.6) is 0 Å². The Hall–Kier alpha value is -0.530. The molecule has 0 saturated carbocycles.